The number of benzene rings is 7. The third-order valence-corrected chi connectivity index (χ3v) is 9.56. The summed E-state index contributed by atoms with van der Waals surface area (Å²) < 4.78 is 49.1. The van der Waals surface area contributed by atoms with E-state index in [1.165, 1.54) is 12.1 Å². The number of rotatable bonds is 6. The molecule has 0 amide bonds. The van der Waals surface area contributed by atoms with Crippen LogP contribution in [-0.4, -0.2) is 13.5 Å². The summed E-state index contributed by atoms with van der Waals surface area (Å²) in [6, 6.07) is 36.3. The summed E-state index contributed by atoms with van der Waals surface area (Å²) in [6.45, 7) is 0. The minimum Gasteiger partial charge on any atom is -0.497 e. The lowest BCUT2D eigenvalue weighted by molar-refractivity contribution is -0.274. The van der Waals surface area contributed by atoms with Crippen LogP contribution in [-0.2, 0) is 0 Å². The van der Waals surface area contributed by atoms with E-state index >= 15 is 0 Å². The predicted molar refractivity (Wildman–Crippen MR) is 196 cm³/mol. The maximum absolute atomic E-state index is 13.1. The SMILES string of the molecule is COc1ccc(-c2c(-c3ccc(OC(F)(F)F)cc3)c(Cl)c(-c3cccc4ccccc34)c3cccc(-c4c(Cl)cc(Cl)cc4Cl)c23)cc1. The zero-order valence-electron chi connectivity index (χ0n) is 25.5. The first-order chi connectivity index (χ1) is 23.5. The van der Waals surface area contributed by atoms with Crippen LogP contribution in [0, 0.1) is 0 Å². The van der Waals surface area contributed by atoms with Gasteiger partial charge in [-0.05, 0) is 85.8 Å². The van der Waals surface area contributed by atoms with Gasteiger partial charge in [0, 0.05) is 21.7 Å². The molecule has 0 N–H and O–H groups in total. The highest BCUT2D eigenvalue weighted by Crippen LogP contribution is 2.53. The summed E-state index contributed by atoms with van der Waals surface area (Å²) >= 11 is 27.7. The van der Waals surface area contributed by atoms with Crippen molar-refractivity contribution < 1.29 is 22.6 Å². The Morgan fingerprint density at radius 2 is 1.08 bits per heavy atom. The van der Waals surface area contributed by atoms with Gasteiger partial charge < -0.3 is 9.47 Å². The van der Waals surface area contributed by atoms with Crippen molar-refractivity contribution in [3.8, 4) is 56.0 Å². The second-order valence-corrected chi connectivity index (χ2v) is 12.9. The van der Waals surface area contributed by atoms with Gasteiger partial charge in [0.15, 0.2) is 0 Å². The van der Waals surface area contributed by atoms with E-state index in [0.717, 1.165) is 38.2 Å². The van der Waals surface area contributed by atoms with Gasteiger partial charge in [-0.1, -0.05) is 131 Å². The molecule has 0 saturated heterocycles. The Bertz CT molecular complexity index is 2340. The first-order valence-corrected chi connectivity index (χ1v) is 16.5. The lowest BCUT2D eigenvalue weighted by Crippen LogP contribution is -2.16. The second-order valence-electron chi connectivity index (χ2n) is 11.2. The van der Waals surface area contributed by atoms with Crippen LogP contribution >= 0.6 is 46.4 Å². The van der Waals surface area contributed by atoms with E-state index < -0.39 is 6.36 Å². The highest BCUT2D eigenvalue weighted by Gasteiger charge is 2.31. The van der Waals surface area contributed by atoms with E-state index in [0.29, 0.717) is 53.7 Å². The van der Waals surface area contributed by atoms with Crippen LogP contribution in [0.15, 0.2) is 121 Å². The van der Waals surface area contributed by atoms with Crippen molar-refractivity contribution in [2.24, 2.45) is 0 Å². The Labute approximate surface area is 300 Å². The summed E-state index contributed by atoms with van der Waals surface area (Å²) in [6.07, 6.45) is -4.84. The molecule has 0 aromatic heterocycles. The molecule has 0 spiro atoms. The van der Waals surface area contributed by atoms with Crippen molar-refractivity contribution in [1.29, 1.82) is 0 Å². The molecular weight excluding hydrogens is 711 g/mol. The smallest absolute Gasteiger partial charge is 0.497 e. The van der Waals surface area contributed by atoms with Crippen LogP contribution in [0.4, 0.5) is 13.2 Å². The number of hydrogen-bond donors (Lipinski definition) is 0. The molecular formula is C40H23Cl4F3O2. The van der Waals surface area contributed by atoms with Crippen LogP contribution in [0.5, 0.6) is 11.5 Å². The topological polar surface area (TPSA) is 18.5 Å². The monoisotopic (exact) mass is 732 g/mol. The fourth-order valence-corrected chi connectivity index (χ4v) is 7.79. The molecule has 0 fully saturated rings. The number of ether oxygens (including phenoxy) is 2. The van der Waals surface area contributed by atoms with Gasteiger partial charge in [0.05, 0.1) is 22.2 Å². The van der Waals surface area contributed by atoms with Gasteiger partial charge in [0.1, 0.15) is 11.5 Å². The number of hydrogen-bond acceptors (Lipinski definition) is 2. The van der Waals surface area contributed by atoms with E-state index in [2.05, 4.69) is 4.74 Å². The molecule has 0 unspecified atom stereocenters. The zero-order chi connectivity index (χ0) is 34.4. The molecule has 0 aliphatic heterocycles. The van der Waals surface area contributed by atoms with Crippen molar-refractivity contribution in [3.05, 3.63) is 141 Å². The fourth-order valence-electron chi connectivity index (χ4n) is 6.36. The quantitative estimate of drug-likeness (QED) is 0.169. The van der Waals surface area contributed by atoms with Crippen molar-refractivity contribution in [2.45, 2.75) is 6.36 Å². The van der Waals surface area contributed by atoms with Crippen molar-refractivity contribution in [1.82, 2.24) is 0 Å². The molecule has 7 aromatic carbocycles. The summed E-state index contributed by atoms with van der Waals surface area (Å²) in [5.41, 5.74) is 5.54. The minimum absolute atomic E-state index is 0.350. The van der Waals surface area contributed by atoms with Crippen LogP contribution in [0.2, 0.25) is 20.1 Å². The molecule has 49 heavy (non-hydrogen) atoms. The Morgan fingerprint density at radius 3 is 1.73 bits per heavy atom. The van der Waals surface area contributed by atoms with E-state index in [4.69, 9.17) is 51.1 Å². The summed E-state index contributed by atoms with van der Waals surface area (Å²) in [7, 11) is 1.58. The first kappa shape index (κ1) is 33.1. The third kappa shape index (κ3) is 6.28. The molecule has 7 aromatic rings. The van der Waals surface area contributed by atoms with Gasteiger partial charge in [0.25, 0.3) is 0 Å². The van der Waals surface area contributed by atoms with Crippen LogP contribution in [0.25, 0.3) is 66.1 Å². The van der Waals surface area contributed by atoms with Crippen molar-refractivity contribution in [2.75, 3.05) is 7.11 Å². The maximum Gasteiger partial charge on any atom is 0.573 e. The highest BCUT2D eigenvalue weighted by molar-refractivity contribution is 6.44. The Morgan fingerprint density at radius 1 is 0.531 bits per heavy atom. The van der Waals surface area contributed by atoms with Gasteiger partial charge in [-0.15, -0.1) is 13.2 Å². The first-order valence-electron chi connectivity index (χ1n) is 15.0. The van der Waals surface area contributed by atoms with Crippen molar-refractivity contribution >= 4 is 67.9 Å². The average molecular weight is 734 g/mol. The highest BCUT2D eigenvalue weighted by atomic mass is 35.5. The van der Waals surface area contributed by atoms with Crippen LogP contribution in [0.1, 0.15) is 0 Å². The van der Waals surface area contributed by atoms with E-state index in [1.807, 2.05) is 84.9 Å². The number of halogens is 7. The van der Waals surface area contributed by atoms with E-state index in [9.17, 15) is 13.2 Å². The molecule has 0 heterocycles. The van der Waals surface area contributed by atoms with Crippen LogP contribution in [0.3, 0.4) is 0 Å². The second kappa shape index (κ2) is 13.1. The van der Waals surface area contributed by atoms with Gasteiger partial charge >= 0.3 is 6.36 Å². The van der Waals surface area contributed by atoms with Gasteiger partial charge in [0.2, 0.25) is 0 Å². The summed E-state index contributed by atoms with van der Waals surface area (Å²) in [5.74, 6) is 0.291. The Hall–Kier alpha value is -4.39. The zero-order valence-corrected chi connectivity index (χ0v) is 28.5. The molecule has 0 atom stereocenters. The lowest BCUT2D eigenvalue weighted by Gasteiger charge is -2.24. The molecule has 9 heteroatoms. The van der Waals surface area contributed by atoms with E-state index in [-0.39, 0.29) is 5.75 Å². The molecule has 2 nitrogen and oxygen atoms in total. The Balaban J connectivity index is 1.68. The molecule has 7 rings (SSSR count). The summed E-state index contributed by atoms with van der Waals surface area (Å²) in [5, 5.41) is 5.06. The van der Waals surface area contributed by atoms with Crippen molar-refractivity contribution in [3.63, 3.8) is 0 Å². The van der Waals surface area contributed by atoms with E-state index in [1.54, 1.807) is 31.4 Å². The number of fused-ring (bicyclic) bond motifs is 2. The number of methoxy groups -OCH3 is 1. The minimum atomic E-state index is -4.84. The van der Waals surface area contributed by atoms with Gasteiger partial charge in [-0.3, -0.25) is 0 Å². The van der Waals surface area contributed by atoms with Gasteiger partial charge in [-0.2, -0.15) is 0 Å². The Kier molecular flexibility index (Phi) is 8.89. The fraction of sp³-hybridized carbons (Fsp3) is 0.0500. The summed E-state index contributed by atoms with van der Waals surface area (Å²) in [4.78, 5) is 0. The molecule has 0 aliphatic rings. The molecule has 0 bridgehead atoms. The lowest BCUT2D eigenvalue weighted by atomic mass is 9.81. The molecule has 0 saturated carbocycles. The standard InChI is InChI=1S/C40H23Cl4F3O2/c1-48-26-16-12-23(13-17-26)34-35(24-14-18-27(19-15-24)49-40(45,46)47)39(44)37(29-9-4-7-22-6-2-3-8-28(22)29)30-10-5-11-31(36(30)34)38-32(42)20-25(41)21-33(38)43/h2-21H,1H3. The van der Waals surface area contributed by atoms with Crippen LogP contribution < -0.4 is 9.47 Å². The number of alkyl halides is 3. The largest absolute Gasteiger partial charge is 0.573 e. The predicted octanol–water partition coefficient (Wildman–Crippen LogP) is 14.2. The maximum atomic E-state index is 13.1. The third-order valence-electron chi connectivity index (χ3n) is 8.36. The molecule has 0 radical (unpaired) electrons. The van der Waals surface area contributed by atoms with Gasteiger partial charge in [-0.25, -0.2) is 0 Å². The molecule has 244 valence electrons. The average Bonchev–Trinajstić information content (AvgIpc) is 3.07. The molecule has 0 aliphatic carbocycles. The normalized spacial score (nSPS) is 11.7.